The van der Waals surface area contributed by atoms with Crippen molar-refractivity contribution < 1.29 is 22.7 Å². The Morgan fingerprint density at radius 3 is 2.47 bits per heavy atom. The van der Waals surface area contributed by atoms with E-state index >= 15 is 0 Å². The fourth-order valence-corrected chi connectivity index (χ4v) is 1.30. The van der Waals surface area contributed by atoms with Gasteiger partial charge in [0.2, 0.25) is 0 Å². The fraction of sp³-hybridized carbons (Fsp3) is 0.400. The van der Waals surface area contributed by atoms with Crippen molar-refractivity contribution in [3.05, 3.63) is 29.3 Å². The number of aliphatic hydroxyl groups excluding tert-OH is 1. The van der Waals surface area contributed by atoms with Crippen molar-refractivity contribution >= 4 is 17.3 Å². The number of nitrogens with one attached hydrogen (secondary N) is 1. The van der Waals surface area contributed by atoms with Crippen LogP contribution in [0.15, 0.2) is 12.1 Å². The van der Waals surface area contributed by atoms with Crippen molar-refractivity contribution in [2.45, 2.75) is 12.5 Å². The number of rotatable bonds is 5. The summed E-state index contributed by atoms with van der Waals surface area (Å²) in [6, 6.07) is 1.72. The largest absolute Gasteiger partial charge is 0.390 e. The van der Waals surface area contributed by atoms with E-state index in [0.29, 0.717) is 0 Å². The first kappa shape index (κ1) is 14.1. The van der Waals surface area contributed by atoms with Crippen LogP contribution in [0.1, 0.15) is 12.0 Å². The van der Waals surface area contributed by atoms with Crippen LogP contribution in [-0.2, 0) is 0 Å². The van der Waals surface area contributed by atoms with Crippen LogP contribution < -0.4 is 5.32 Å². The van der Waals surface area contributed by atoms with Gasteiger partial charge < -0.3 is 10.4 Å². The second-order valence-corrected chi connectivity index (χ2v) is 3.62. The van der Waals surface area contributed by atoms with Crippen LogP contribution in [0.25, 0.3) is 0 Å². The lowest BCUT2D eigenvalue weighted by Crippen LogP contribution is -2.21. The van der Waals surface area contributed by atoms with Crippen molar-refractivity contribution in [3.63, 3.8) is 0 Å². The number of aliphatic hydroxyl groups is 1. The molecule has 0 spiro atoms. The van der Waals surface area contributed by atoms with Crippen LogP contribution in [0.5, 0.6) is 0 Å². The van der Waals surface area contributed by atoms with Crippen molar-refractivity contribution in [1.29, 1.82) is 0 Å². The quantitative estimate of drug-likeness (QED) is 0.637. The lowest BCUT2D eigenvalue weighted by molar-refractivity contribution is 0.141. The Bertz CT molecular complexity index is 389. The molecule has 0 bridgehead atoms. The zero-order valence-electron chi connectivity index (χ0n) is 8.56. The van der Waals surface area contributed by atoms with Crippen molar-refractivity contribution in [2.75, 3.05) is 17.7 Å². The summed E-state index contributed by atoms with van der Waals surface area (Å²) in [5.74, 6) is -2.75. The van der Waals surface area contributed by atoms with E-state index in [0.717, 1.165) is 12.1 Å². The first-order valence-electron chi connectivity index (χ1n) is 4.71. The molecule has 0 aliphatic rings. The predicted octanol–water partition coefficient (Wildman–Crippen LogP) is 2.91. The van der Waals surface area contributed by atoms with Crippen molar-refractivity contribution in [1.82, 2.24) is 0 Å². The number of hydrogen-bond donors (Lipinski definition) is 2. The molecular formula is C10H10ClF4NO. The smallest absolute Gasteiger partial charge is 0.269 e. The van der Waals surface area contributed by atoms with E-state index in [-0.39, 0.29) is 18.1 Å². The fourth-order valence-electron chi connectivity index (χ4n) is 1.19. The second-order valence-electron chi connectivity index (χ2n) is 3.31. The van der Waals surface area contributed by atoms with Crippen molar-refractivity contribution in [3.8, 4) is 0 Å². The lowest BCUT2D eigenvalue weighted by atomic mass is 10.1. The third-order valence-electron chi connectivity index (χ3n) is 2.05. The molecule has 0 aromatic heterocycles. The molecule has 1 rings (SSSR count). The second kappa shape index (κ2) is 6.07. The average Bonchev–Trinajstić information content (AvgIpc) is 2.27. The molecule has 0 amide bonds. The summed E-state index contributed by atoms with van der Waals surface area (Å²) in [7, 11) is 0. The Morgan fingerprint density at radius 1 is 1.29 bits per heavy atom. The van der Waals surface area contributed by atoms with E-state index in [1.54, 1.807) is 0 Å². The Hall–Kier alpha value is -1.01. The third kappa shape index (κ3) is 3.47. The van der Waals surface area contributed by atoms with Gasteiger partial charge >= 0.3 is 0 Å². The molecule has 0 aliphatic heterocycles. The third-order valence-corrected chi connectivity index (χ3v) is 2.41. The predicted molar refractivity (Wildman–Crippen MR) is 56.5 cm³/mol. The van der Waals surface area contributed by atoms with Crippen LogP contribution in [0.3, 0.4) is 0 Å². The molecule has 0 aliphatic carbocycles. The van der Waals surface area contributed by atoms with Gasteiger partial charge in [0.25, 0.3) is 6.43 Å². The SMILES string of the molecule is OC(CCl)CNc1ccc(F)c(C(F)F)c1F. The zero-order chi connectivity index (χ0) is 13.0. The summed E-state index contributed by atoms with van der Waals surface area (Å²) >= 11 is 5.30. The topological polar surface area (TPSA) is 32.3 Å². The minimum Gasteiger partial charge on any atom is -0.390 e. The number of anilines is 1. The van der Waals surface area contributed by atoms with Gasteiger partial charge in [-0.05, 0) is 12.1 Å². The van der Waals surface area contributed by atoms with E-state index in [2.05, 4.69) is 5.32 Å². The highest BCUT2D eigenvalue weighted by atomic mass is 35.5. The van der Waals surface area contributed by atoms with E-state index in [1.807, 2.05) is 0 Å². The Balaban J connectivity index is 2.91. The molecule has 1 aromatic carbocycles. The molecule has 0 heterocycles. The van der Waals surface area contributed by atoms with E-state index in [4.69, 9.17) is 16.7 Å². The van der Waals surface area contributed by atoms with Gasteiger partial charge in [0.05, 0.1) is 23.2 Å². The summed E-state index contributed by atoms with van der Waals surface area (Å²) in [6.07, 6.45) is -4.19. The molecule has 1 unspecified atom stereocenters. The minimum atomic E-state index is -3.24. The number of hydrogen-bond acceptors (Lipinski definition) is 2. The Kier molecular flexibility index (Phi) is 5.02. The molecule has 1 atom stereocenters. The summed E-state index contributed by atoms with van der Waals surface area (Å²) in [5, 5.41) is 11.5. The number of alkyl halides is 3. The van der Waals surface area contributed by atoms with E-state index in [1.165, 1.54) is 0 Å². The lowest BCUT2D eigenvalue weighted by Gasteiger charge is -2.13. The molecule has 7 heteroatoms. The van der Waals surface area contributed by atoms with Gasteiger partial charge in [-0.2, -0.15) is 0 Å². The van der Waals surface area contributed by atoms with Crippen LogP contribution >= 0.6 is 11.6 Å². The molecular weight excluding hydrogens is 262 g/mol. The normalized spacial score (nSPS) is 12.9. The van der Waals surface area contributed by atoms with Crippen LogP contribution in [0, 0.1) is 11.6 Å². The maximum atomic E-state index is 13.4. The molecule has 2 N–H and O–H groups in total. The molecule has 0 saturated heterocycles. The first-order valence-corrected chi connectivity index (χ1v) is 5.24. The summed E-state index contributed by atoms with van der Waals surface area (Å²) in [6.45, 7) is -0.116. The van der Waals surface area contributed by atoms with Gasteiger partial charge in [0.1, 0.15) is 5.82 Å². The van der Waals surface area contributed by atoms with Crippen molar-refractivity contribution in [2.24, 2.45) is 0 Å². The maximum absolute atomic E-state index is 13.4. The van der Waals surface area contributed by atoms with E-state index in [9.17, 15) is 17.6 Å². The Labute approximate surface area is 100 Å². The summed E-state index contributed by atoms with van der Waals surface area (Å²) in [4.78, 5) is 0. The molecule has 0 saturated carbocycles. The zero-order valence-corrected chi connectivity index (χ0v) is 9.32. The molecule has 2 nitrogen and oxygen atoms in total. The molecule has 96 valence electrons. The summed E-state index contributed by atoms with van der Waals surface area (Å²) in [5.41, 5.74) is -1.58. The van der Waals surface area contributed by atoms with Gasteiger partial charge in [-0.3, -0.25) is 0 Å². The van der Waals surface area contributed by atoms with Crippen LogP contribution in [0.4, 0.5) is 23.2 Å². The average molecular weight is 272 g/mol. The molecule has 0 fully saturated rings. The van der Waals surface area contributed by atoms with Gasteiger partial charge in [0, 0.05) is 6.54 Å². The summed E-state index contributed by atoms with van der Waals surface area (Å²) < 4.78 is 51.1. The van der Waals surface area contributed by atoms with Gasteiger partial charge in [-0.25, -0.2) is 17.6 Å². The highest BCUT2D eigenvalue weighted by Gasteiger charge is 2.21. The van der Waals surface area contributed by atoms with E-state index < -0.39 is 29.7 Å². The number of benzene rings is 1. The highest BCUT2D eigenvalue weighted by Crippen LogP contribution is 2.29. The first-order chi connectivity index (χ1) is 7.97. The van der Waals surface area contributed by atoms with Crippen LogP contribution in [0.2, 0.25) is 0 Å². The van der Waals surface area contributed by atoms with Gasteiger partial charge in [0.15, 0.2) is 5.82 Å². The molecule has 0 radical (unpaired) electrons. The molecule has 1 aromatic rings. The monoisotopic (exact) mass is 271 g/mol. The standard InChI is InChI=1S/C10H10ClF4NO/c11-3-5(17)4-16-7-2-1-6(12)8(9(7)13)10(14)15/h1-2,5,10,16-17H,3-4H2. The van der Waals surface area contributed by atoms with Gasteiger partial charge in [-0.15, -0.1) is 11.6 Å². The van der Waals surface area contributed by atoms with Gasteiger partial charge in [-0.1, -0.05) is 0 Å². The Morgan fingerprint density at radius 2 is 1.94 bits per heavy atom. The van der Waals surface area contributed by atoms with Crippen LogP contribution in [-0.4, -0.2) is 23.6 Å². The maximum Gasteiger partial charge on any atom is 0.269 e. The minimum absolute atomic E-state index is 0.0858. The molecule has 17 heavy (non-hydrogen) atoms. The number of halogens is 5. The highest BCUT2D eigenvalue weighted by molar-refractivity contribution is 6.18.